The molecule has 0 aliphatic heterocycles. The second-order valence-corrected chi connectivity index (χ2v) is 7.27. The molecule has 1 rings (SSSR count). The zero-order valence-corrected chi connectivity index (χ0v) is 14.8. The number of halogens is 1. The van der Waals surface area contributed by atoms with Gasteiger partial charge in [-0.2, -0.15) is 0 Å². The van der Waals surface area contributed by atoms with E-state index in [2.05, 4.69) is 45.9 Å². The van der Waals surface area contributed by atoms with E-state index in [0.717, 1.165) is 23.0 Å². The summed E-state index contributed by atoms with van der Waals surface area (Å²) in [5.74, 6) is 0.165. The third kappa shape index (κ3) is 6.95. The molecule has 1 atom stereocenters. The van der Waals surface area contributed by atoms with Gasteiger partial charge in [-0.3, -0.25) is 10.2 Å². The number of carbonyl (C=O) groups excluding carboxylic acids is 2. The topological polar surface area (TPSA) is 70.2 Å². The van der Waals surface area contributed by atoms with E-state index in [0.29, 0.717) is 17.3 Å². The minimum absolute atomic E-state index is 0.320. The maximum atomic E-state index is 11.7. The molecule has 0 fully saturated rings. The molecule has 1 unspecified atom stereocenters. The zero-order chi connectivity index (χ0) is 15.7. The van der Waals surface area contributed by atoms with Crippen LogP contribution in [0.25, 0.3) is 0 Å². The van der Waals surface area contributed by atoms with Crippen molar-refractivity contribution < 1.29 is 9.59 Å². The molecule has 0 spiro atoms. The predicted octanol–water partition coefficient (Wildman–Crippen LogP) is 3.67. The molecule has 0 aliphatic carbocycles. The normalized spacial score (nSPS) is 11.8. The molecule has 1 heterocycles. The van der Waals surface area contributed by atoms with Crippen LogP contribution in [0, 0.1) is 5.92 Å². The van der Waals surface area contributed by atoms with Crippen LogP contribution < -0.4 is 16.2 Å². The summed E-state index contributed by atoms with van der Waals surface area (Å²) in [6.45, 7) is 4.91. The fourth-order valence-electron chi connectivity index (χ4n) is 1.84. The molecule has 3 N–H and O–H groups in total. The SMILES string of the molecule is CCCCC(CC)CNC(=O)NNC(=O)c1ccc(Br)s1. The van der Waals surface area contributed by atoms with E-state index in [9.17, 15) is 9.59 Å². The van der Waals surface area contributed by atoms with Crippen LogP contribution in [0.1, 0.15) is 49.2 Å². The maximum absolute atomic E-state index is 11.7. The summed E-state index contributed by atoms with van der Waals surface area (Å²) in [6, 6.07) is 3.11. The van der Waals surface area contributed by atoms with Gasteiger partial charge in [0.1, 0.15) is 0 Å². The largest absolute Gasteiger partial charge is 0.336 e. The van der Waals surface area contributed by atoms with Crippen molar-refractivity contribution in [3.63, 3.8) is 0 Å². The first-order valence-corrected chi connectivity index (χ1v) is 8.77. The Morgan fingerprint density at radius 3 is 2.62 bits per heavy atom. The third-order valence-corrected chi connectivity index (χ3v) is 4.80. The molecule has 118 valence electrons. The van der Waals surface area contributed by atoms with Gasteiger partial charge in [0.2, 0.25) is 0 Å². The average Bonchev–Trinajstić information content (AvgIpc) is 2.91. The molecule has 0 aliphatic rings. The van der Waals surface area contributed by atoms with Crippen LogP contribution >= 0.6 is 27.3 Å². The van der Waals surface area contributed by atoms with Crippen molar-refractivity contribution in [2.24, 2.45) is 5.92 Å². The number of unbranched alkanes of at least 4 members (excludes halogenated alkanes) is 1. The molecule has 0 saturated carbocycles. The molecule has 1 aromatic heterocycles. The molecule has 0 bridgehead atoms. The van der Waals surface area contributed by atoms with Crippen molar-refractivity contribution in [3.05, 3.63) is 20.8 Å². The second kappa shape index (κ2) is 9.78. The summed E-state index contributed by atoms with van der Waals surface area (Å²) in [4.78, 5) is 23.9. The Morgan fingerprint density at radius 2 is 2.05 bits per heavy atom. The Kier molecular flexibility index (Phi) is 8.37. The molecular weight excluding hydrogens is 354 g/mol. The average molecular weight is 376 g/mol. The first kappa shape index (κ1) is 18.0. The molecule has 21 heavy (non-hydrogen) atoms. The fraction of sp³-hybridized carbons (Fsp3) is 0.571. The molecular formula is C14H22BrN3O2S. The van der Waals surface area contributed by atoms with Gasteiger partial charge in [0.05, 0.1) is 8.66 Å². The highest BCUT2D eigenvalue weighted by molar-refractivity contribution is 9.11. The van der Waals surface area contributed by atoms with E-state index in [4.69, 9.17) is 0 Å². The Balaban J connectivity index is 2.25. The number of amides is 3. The summed E-state index contributed by atoms with van der Waals surface area (Å²) in [7, 11) is 0. The number of nitrogens with one attached hydrogen (secondary N) is 3. The Labute approximate surface area is 138 Å². The van der Waals surface area contributed by atoms with E-state index < -0.39 is 0 Å². The molecule has 5 nitrogen and oxygen atoms in total. The van der Waals surface area contributed by atoms with Crippen LogP contribution in [-0.2, 0) is 0 Å². The van der Waals surface area contributed by atoms with Crippen molar-refractivity contribution in [1.29, 1.82) is 0 Å². The molecule has 7 heteroatoms. The number of thiophene rings is 1. The van der Waals surface area contributed by atoms with Gasteiger partial charge in [-0.15, -0.1) is 11.3 Å². The van der Waals surface area contributed by atoms with Crippen LogP contribution in [0.5, 0.6) is 0 Å². The van der Waals surface area contributed by atoms with Crippen LogP contribution in [-0.4, -0.2) is 18.5 Å². The van der Waals surface area contributed by atoms with Crippen LogP contribution in [0.4, 0.5) is 4.79 Å². The highest BCUT2D eigenvalue weighted by Gasteiger charge is 2.11. The van der Waals surface area contributed by atoms with E-state index in [1.807, 2.05) is 0 Å². The fourth-order valence-corrected chi connectivity index (χ4v) is 3.12. The molecule has 0 radical (unpaired) electrons. The van der Waals surface area contributed by atoms with Crippen molar-refractivity contribution in [3.8, 4) is 0 Å². The lowest BCUT2D eigenvalue weighted by Crippen LogP contribution is -2.47. The van der Waals surface area contributed by atoms with Gasteiger partial charge in [0, 0.05) is 6.54 Å². The van der Waals surface area contributed by atoms with Gasteiger partial charge in [0.15, 0.2) is 0 Å². The summed E-state index contributed by atoms with van der Waals surface area (Å²) in [6.07, 6.45) is 4.49. The Hall–Kier alpha value is -1.08. The molecule has 0 aromatic carbocycles. The van der Waals surface area contributed by atoms with Gasteiger partial charge in [-0.25, -0.2) is 10.2 Å². The van der Waals surface area contributed by atoms with Gasteiger partial charge in [-0.1, -0.05) is 33.1 Å². The summed E-state index contributed by atoms with van der Waals surface area (Å²) in [5, 5.41) is 2.78. The van der Waals surface area contributed by atoms with Crippen LogP contribution in [0.3, 0.4) is 0 Å². The quantitative estimate of drug-likeness (QED) is 0.636. The second-order valence-electron chi connectivity index (χ2n) is 4.81. The third-order valence-electron chi connectivity index (χ3n) is 3.18. The highest BCUT2D eigenvalue weighted by Crippen LogP contribution is 2.21. The molecule has 0 saturated heterocycles. The lowest BCUT2D eigenvalue weighted by molar-refractivity contribution is 0.0940. The first-order valence-electron chi connectivity index (χ1n) is 7.16. The number of hydrazine groups is 1. The number of carbonyl (C=O) groups is 2. The lowest BCUT2D eigenvalue weighted by Gasteiger charge is -2.15. The van der Waals surface area contributed by atoms with Crippen molar-refractivity contribution in [2.75, 3.05) is 6.54 Å². The maximum Gasteiger partial charge on any atom is 0.333 e. The highest BCUT2D eigenvalue weighted by atomic mass is 79.9. The van der Waals surface area contributed by atoms with Crippen molar-refractivity contribution >= 4 is 39.2 Å². The first-order chi connectivity index (χ1) is 10.1. The van der Waals surface area contributed by atoms with Crippen molar-refractivity contribution in [2.45, 2.75) is 39.5 Å². The standard InChI is InChI=1S/C14H22BrN3O2S/c1-3-5-6-10(4-2)9-16-14(20)18-17-13(19)11-7-8-12(15)21-11/h7-8,10H,3-6,9H2,1-2H3,(H,17,19)(H2,16,18,20). The van der Waals surface area contributed by atoms with Gasteiger partial charge in [0.25, 0.3) is 5.91 Å². The summed E-state index contributed by atoms with van der Waals surface area (Å²) in [5.41, 5.74) is 4.75. The summed E-state index contributed by atoms with van der Waals surface area (Å²) >= 11 is 4.60. The van der Waals surface area contributed by atoms with Crippen molar-refractivity contribution in [1.82, 2.24) is 16.2 Å². The zero-order valence-electron chi connectivity index (χ0n) is 12.4. The predicted molar refractivity (Wildman–Crippen MR) is 89.3 cm³/mol. The lowest BCUT2D eigenvalue weighted by atomic mass is 9.99. The van der Waals surface area contributed by atoms with Gasteiger partial charge < -0.3 is 5.32 Å². The van der Waals surface area contributed by atoms with E-state index >= 15 is 0 Å². The Morgan fingerprint density at radius 1 is 1.29 bits per heavy atom. The number of hydrogen-bond donors (Lipinski definition) is 3. The monoisotopic (exact) mass is 375 g/mol. The smallest absolute Gasteiger partial charge is 0.333 e. The summed E-state index contributed by atoms with van der Waals surface area (Å²) < 4.78 is 0.874. The van der Waals surface area contributed by atoms with Crippen LogP contribution in [0.15, 0.2) is 15.9 Å². The Bertz CT molecular complexity index is 465. The minimum Gasteiger partial charge on any atom is -0.336 e. The molecule has 1 aromatic rings. The van der Waals surface area contributed by atoms with E-state index in [1.54, 1.807) is 12.1 Å². The number of urea groups is 1. The minimum atomic E-state index is -0.381. The van der Waals surface area contributed by atoms with Gasteiger partial charge in [-0.05, 0) is 40.4 Å². The molecule has 3 amide bonds. The van der Waals surface area contributed by atoms with E-state index in [1.165, 1.54) is 17.8 Å². The number of rotatable bonds is 7. The van der Waals surface area contributed by atoms with E-state index in [-0.39, 0.29) is 11.9 Å². The number of hydrogen-bond acceptors (Lipinski definition) is 3. The van der Waals surface area contributed by atoms with Crippen LogP contribution in [0.2, 0.25) is 0 Å². The van der Waals surface area contributed by atoms with Gasteiger partial charge >= 0.3 is 6.03 Å².